The first-order valence-corrected chi connectivity index (χ1v) is 3.90. The summed E-state index contributed by atoms with van der Waals surface area (Å²) in [5, 5.41) is 0.543. The number of hydrogen-bond donors (Lipinski definition) is 1. The molecule has 0 fully saturated rings. The Kier molecular flexibility index (Phi) is 3.00. The van der Waals surface area contributed by atoms with Crippen molar-refractivity contribution in [3.8, 4) is 5.75 Å². The summed E-state index contributed by atoms with van der Waals surface area (Å²) < 4.78 is 5.23. The topological polar surface area (TPSA) is 35.2 Å². The van der Waals surface area contributed by atoms with E-state index in [0.717, 1.165) is 0 Å². The molecule has 1 aromatic rings. The van der Waals surface area contributed by atoms with Gasteiger partial charge in [-0.2, -0.15) is 0 Å². The molecule has 12 heavy (non-hydrogen) atoms. The van der Waals surface area contributed by atoms with Crippen LogP contribution in [0.2, 0.25) is 5.02 Å². The molecule has 0 aliphatic rings. The van der Waals surface area contributed by atoms with Crippen molar-refractivity contribution in [1.82, 2.24) is 0 Å². The van der Waals surface area contributed by atoms with E-state index in [1.54, 1.807) is 24.3 Å². The molecule has 0 heterocycles. The molecule has 0 saturated carbocycles. The fourth-order valence-corrected chi connectivity index (χ4v) is 0.884. The molecule has 0 aliphatic heterocycles. The molecule has 0 amide bonds. The second-order valence-electron chi connectivity index (χ2n) is 2.28. The second-order valence-corrected chi connectivity index (χ2v) is 2.69. The van der Waals surface area contributed by atoms with E-state index >= 15 is 0 Å². The van der Waals surface area contributed by atoms with Gasteiger partial charge in [-0.15, -0.1) is 0 Å². The minimum atomic E-state index is 0.473. The Morgan fingerprint density at radius 1 is 1.58 bits per heavy atom. The maximum atomic E-state index is 5.71. The number of ether oxygens (including phenoxy) is 1. The lowest BCUT2D eigenvalue weighted by Gasteiger charge is -2.04. The van der Waals surface area contributed by atoms with Gasteiger partial charge in [0.15, 0.2) is 0 Å². The van der Waals surface area contributed by atoms with Gasteiger partial charge in [0.2, 0.25) is 0 Å². The molecule has 0 aromatic heterocycles. The fraction of sp³-hybridized carbons (Fsp3) is 0.111. The van der Waals surface area contributed by atoms with Crippen molar-refractivity contribution < 1.29 is 4.74 Å². The Labute approximate surface area is 76.6 Å². The molecule has 0 unspecified atom stereocenters. The van der Waals surface area contributed by atoms with Gasteiger partial charge >= 0.3 is 0 Å². The normalized spacial score (nSPS) is 9.42. The average Bonchev–Trinajstić information content (AvgIpc) is 2.07. The third-order valence-corrected chi connectivity index (χ3v) is 1.68. The van der Waals surface area contributed by atoms with E-state index in [9.17, 15) is 0 Å². The lowest BCUT2D eigenvalue weighted by Crippen LogP contribution is -1.94. The van der Waals surface area contributed by atoms with Crippen LogP contribution in [-0.2, 0) is 0 Å². The van der Waals surface area contributed by atoms with Gasteiger partial charge in [-0.1, -0.05) is 24.3 Å². The van der Waals surface area contributed by atoms with E-state index in [1.807, 2.05) is 0 Å². The van der Waals surface area contributed by atoms with Crippen LogP contribution in [-0.4, -0.2) is 6.61 Å². The van der Waals surface area contributed by atoms with Gasteiger partial charge in [-0.05, 0) is 12.1 Å². The van der Waals surface area contributed by atoms with Gasteiger partial charge in [0.05, 0.1) is 10.7 Å². The lowest BCUT2D eigenvalue weighted by molar-refractivity contribution is 0.363. The lowest BCUT2D eigenvalue weighted by atomic mass is 10.3. The zero-order chi connectivity index (χ0) is 8.97. The first-order valence-electron chi connectivity index (χ1n) is 3.52. The number of anilines is 1. The van der Waals surface area contributed by atoms with Crippen molar-refractivity contribution in [1.29, 1.82) is 0 Å². The summed E-state index contributed by atoms with van der Waals surface area (Å²) in [4.78, 5) is 0. The van der Waals surface area contributed by atoms with Crippen LogP contribution in [0.15, 0.2) is 30.9 Å². The van der Waals surface area contributed by atoms with Crippen LogP contribution >= 0.6 is 11.6 Å². The van der Waals surface area contributed by atoms with E-state index in [2.05, 4.69) is 6.58 Å². The standard InChI is InChI=1S/C9H10ClNO/c1-2-5-12-7-3-4-8(10)9(11)6-7/h2-4,6H,1,5,11H2. The predicted octanol–water partition coefficient (Wildman–Crippen LogP) is 2.49. The first-order chi connectivity index (χ1) is 5.74. The molecule has 2 N–H and O–H groups in total. The molecule has 0 bridgehead atoms. The zero-order valence-corrected chi connectivity index (χ0v) is 7.34. The van der Waals surface area contributed by atoms with Crippen molar-refractivity contribution in [2.24, 2.45) is 0 Å². The smallest absolute Gasteiger partial charge is 0.121 e. The van der Waals surface area contributed by atoms with Crippen LogP contribution < -0.4 is 10.5 Å². The molecule has 0 saturated heterocycles. The van der Waals surface area contributed by atoms with Crippen LogP contribution in [0.1, 0.15) is 0 Å². The largest absolute Gasteiger partial charge is 0.489 e. The second kappa shape index (κ2) is 4.02. The molecule has 0 spiro atoms. The number of rotatable bonds is 3. The third kappa shape index (κ3) is 2.17. The zero-order valence-electron chi connectivity index (χ0n) is 6.59. The van der Waals surface area contributed by atoms with E-state index in [1.165, 1.54) is 0 Å². The van der Waals surface area contributed by atoms with Crippen molar-refractivity contribution in [2.75, 3.05) is 12.3 Å². The van der Waals surface area contributed by atoms with Crippen LogP contribution in [0.25, 0.3) is 0 Å². The van der Waals surface area contributed by atoms with Crippen molar-refractivity contribution in [2.45, 2.75) is 0 Å². The third-order valence-electron chi connectivity index (χ3n) is 1.34. The Morgan fingerprint density at radius 3 is 2.92 bits per heavy atom. The molecule has 0 radical (unpaired) electrons. The summed E-state index contributed by atoms with van der Waals surface area (Å²) >= 11 is 5.71. The summed E-state index contributed by atoms with van der Waals surface area (Å²) in [5.41, 5.74) is 6.08. The number of halogens is 1. The molecule has 0 atom stereocenters. The van der Waals surface area contributed by atoms with Gasteiger partial charge in [0.1, 0.15) is 12.4 Å². The Balaban J connectivity index is 2.75. The monoisotopic (exact) mass is 183 g/mol. The number of nitrogens with two attached hydrogens (primary N) is 1. The molecule has 64 valence electrons. The Bertz CT molecular complexity index is 286. The Hall–Kier alpha value is -1.15. The molecule has 3 heteroatoms. The van der Waals surface area contributed by atoms with Crippen molar-refractivity contribution >= 4 is 17.3 Å². The van der Waals surface area contributed by atoms with Gasteiger partial charge < -0.3 is 10.5 Å². The minimum absolute atomic E-state index is 0.473. The molecule has 1 rings (SSSR count). The van der Waals surface area contributed by atoms with Gasteiger partial charge in [0, 0.05) is 6.07 Å². The van der Waals surface area contributed by atoms with Gasteiger partial charge in [0.25, 0.3) is 0 Å². The van der Waals surface area contributed by atoms with Crippen molar-refractivity contribution in [3.05, 3.63) is 35.9 Å². The van der Waals surface area contributed by atoms with E-state index in [-0.39, 0.29) is 0 Å². The van der Waals surface area contributed by atoms with E-state index in [0.29, 0.717) is 23.1 Å². The van der Waals surface area contributed by atoms with Crippen LogP contribution in [0.4, 0.5) is 5.69 Å². The summed E-state index contributed by atoms with van der Waals surface area (Å²) in [6.07, 6.45) is 1.67. The van der Waals surface area contributed by atoms with Gasteiger partial charge in [-0.3, -0.25) is 0 Å². The molecule has 0 aliphatic carbocycles. The first kappa shape index (κ1) is 8.94. The number of hydrogen-bond acceptors (Lipinski definition) is 2. The maximum Gasteiger partial charge on any atom is 0.121 e. The summed E-state index contributed by atoms with van der Waals surface area (Å²) in [6.45, 7) is 4.01. The van der Waals surface area contributed by atoms with Crippen LogP contribution in [0, 0.1) is 0 Å². The summed E-state index contributed by atoms with van der Waals surface area (Å²) in [7, 11) is 0. The number of nitrogen functional groups attached to an aromatic ring is 1. The predicted molar refractivity (Wildman–Crippen MR) is 51.6 cm³/mol. The van der Waals surface area contributed by atoms with Crippen LogP contribution in [0.3, 0.4) is 0 Å². The molecule has 1 aromatic carbocycles. The molecule has 2 nitrogen and oxygen atoms in total. The highest BCUT2D eigenvalue weighted by Gasteiger charge is 1.97. The van der Waals surface area contributed by atoms with Crippen molar-refractivity contribution in [3.63, 3.8) is 0 Å². The maximum absolute atomic E-state index is 5.71. The van der Waals surface area contributed by atoms with Gasteiger partial charge in [-0.25, -0.2) is 0 Å². The summed E-state index contributed by atoms with van der Waals surface area (Å²) in [6, 6.07) is 5.16. The average molecular weight is 184 g/mol. The highest BCUT2D eigenvalue weighted by molar-refractivity contribution is 6.33. The minimum Gasteiger partial charge on any atom is -0.489 e. The van der Waals surface area contributed by atoms with E-state index in [4.69, 9.17) is 22.1 Å². The highest BCUT2D eigenvalue weighted by Crippen LogP contribution is 2.23. The fourth-order valence-electron chi connectivity index (χ4n) is 0.767. The number of benzene rings is 1. The van der Waals surface area contributed by atoms with E-state index < -0.39 is 0 Å². The molecular weight excluding hydrogens is 174 g/mol. The highest BCUT2D eigenvalue weighted by atomic mass is 35.5. The van der Waals surface area contributed by atoms with Crippen LogP contribution in [0.5, 0.6) is 5.75 Å². The SMILES string of the molecule is C=CCOc1ccc(Cl)c(N)c1. The quantitative estimate of drug-likeness (QED) is 0.577. The summed E-state index contributed by atoms with van der Waals surface area (Å²) in [5.74, 6) is 0.705. The Morgan fingerprint density at radius 2 is 2.33 bits per heavy atom. The molecular formula is C9H10ClNO.